The van der Waals surface area contributed by atoms with Crippen molar-refractivity contribution < 1.29 is 24.4 Å². The maximum atomic E-state index is 13.8. The first kappa shape index (κ1) is 27.8. The Morgan fingerprint density at radius 3 is 2.55 bits per heavy atom. The van der Waals surface area contributed by atoms with Gasteiger partial charge in [0.2, 0.25) is 11.8 Å². The van der Waals surface area contributed by atoms with Crippen molar-refractivity contribution in [2.24, 2.45) is 17.8 Å². The van der Waals surface area contributed by atoms with Gasteiger partial charge in [-0.05, 0) is 61.4 Å². The molecule has 3 aliphatic rings. The summed E-state index contributed by atoms with van der Waals surface area (Å²) in [6.45, 7) is 4.68. The van der Waals surface area contributed by atoms with Gasteiger partial charge in [0, 0.05) is 18.1 Å². The number of hydrogen-bond donors (Lipinski definition) is 1. The highest BCUT2D eigenvalue weighted by atomic mass is 16.6. The zero-order valence-corrected chi connectivity index (χ0v) is 23.0. The molecule has 2 amide bonds. The number of amides is 2. The Kier molecular flexibility index (Phi) is 8.17. The van der Waals surface area contributed by atoms with Crippen LogP contribution in [0.2, 0.25) is 0 Å². The maximum absolute atomic E-state index is 13.8. The first-order valence-electron chi connectivity index (χ1n) is 14.3. The fourth-order valence-corrected chi connectivity index (χ4v) is 6.72. The molecule has 2 aromatic rings. The number of benzene rings is 2. The van der Waals surface area contributed by atoms with Gasteiger partial charge in [-0.2, -0.15) is 0 Å². The Morgan fingerprint density at radius 1 is 1.07 bits per heavy atom. The number of carbonyl (C=O) groups excluding carboxylic acids is 2. The number of ether oxygens (including phenoxy) is 1. The molecule has 2 saturated heterocycles. The molecule has 1 N–H and O–H groups in total. The van der Waals surface area contributed by atoms with Crippen LogP contribution in [0.25, 0.3) is 6.08 Å². The standard InChI is InChI=1S/C32H36N2O6/c1-3-6-20(16-21-10-13-25(35)14-11-21)12-15-28-29-22(7-4-2)17-26-30(27(29)19-40-28)32(37)33(31(26)36)23-8-5-9-24(18-23)34(38)39/h5,8-11,13-14,16,18,26-28,30,35H,3-4,6-7,12,15,17,19H2,1-2H3/b20-16+/t26-,27+,28-,30-/m1/s1. The lowest BCUT2D eigenvalue weighted by Gasteiger charge is -2.32. The van der Waals surface area contributed by atoms with Crippen LogP contribution in [0.3, 0.4) is 0 Å². The van der Waals surface area contributed by atoms with Crippen molar-refractivity contribution in [3.63, 3.8) is 0 Å². The smallest absolute Gasteiger partial charge is 0.271 e. The predicted molar refractivity (Wildman–Crippen MR) is 153 cm³/mol. The lowest BCUT2D eigenvalue weighted by atomic mass is 9.68. The summed E-state index contributed by atoms with van der Waals surface area (Å²) in [6.07, 6.45) is 8.07. The third-order valence-electron chi connectivity index (χ3n) is 8.42. The van der Waals surface area contributed by atoms with E-state index in [0.29, 0.717) is 13.0 Å². The molecular formula is C32H36N2O6. The third kappa shape index (κ3) is 5.32. The molecule has 0 aromatic heterocycles. The van der Waals surface area contributed by atoms with E-state index in [0.717, 1.165) is 44.1 Å². The van der Waals surface area contributed by atoms with Gasteiger partial charge in [-0.15, -0.1) is 0 Å². The van der Waals surface area contributed by atoms with Gasteiger partial charge in [-0.1, -0.05) is 62.1 Å². The van der Waals surface area contributed by atoms with Gasteiger partial charge >= 0.3 is 0 Å². The van der Waals surface area contributed by atoms with E-state index in [1.165, 1.54) is 39.8 Å². The van der Waals surface area contributed by atoms with Gasteiger partial charge in [0.15, 0.2) is 0 Å². The van der Waals surface area contributed by atoms with Crippen LogP contribution < -0.4 is 4.90 Å². The number of nitrogens with zero attached hydrogens (tertiary/aromatic N) is 2. The number of phenols is 1. The zero-order chi connectivity index (χ0) is 28.4. The maximum Gasteiger partial charge on any atom is 0.271 e. The van der Waals surface area contributed by atoms with Gasteiger partial charge in [-0.3, -0.25) is 19.7 Å². The Morgan fingerprint density at radius 2 is 1.85 bits per heavy atom. The molecule has 8 nitrogen and oxygen atoms in total. The Labute approximate surface area is 234 Å². The molecular weight excluding hydrogens is 508 g/mol. The summed E-state index contributed by atoms with van der Waals surface area (Å²) in [5.41, 5.74) is 4.91. The van der Waals surface area contributed by atoms with Crippen LogP contribution in [0.15, 0.2) is 65.3 Å². The molecule has 210 valence electrons. The van der Waals surface area contributed by atoms with Crippen molar-refractivity contribution in [2.75, 3.05) is 11.5 Å². The minimum atomic E-state index is -0.515. The minimum Gasteiger partial charge on any atom is -0.508 e. The fraction of sp³-hybridized carbons (Fsp3) is 0.438. The summed E-state index contributed by atoms with van der Waals surface area (Å²) < 4.78 is 6.36. The van der Waals surface area contributed by atoms with E-state index < -0.39 is 16.8 Å². The van der Waals surface area contributed by atoms with E-state index >= 15 is 0 Å². The number of aromatic hydroxyl groups is 1. The highest BCUT2D eigenvalue weighted by Gasteiger charge is 2.57. The van der Waals surface area contributed by atoms with Crippen LogP contribution in [0.4, 0.5) is 11.4 Å². The van der Waals surface area contributed by atoms with Crippen LogP contribution in [0.1, 0.15) is 64.4 Å². The average Bonchev–Trinajstić information content (AvgIpc) is 3.47. The Bertz CT molecular complexity index is 1360. The molecule has 2 aliphatic heterocycles. The van der Waals surface area contributed by atoms with Gasteiger partial charge < -0.3 is 9.84 Å². The number of nitro benzene ring substituents is 1. The lowest BCUT2D eigenvalue weighted by molar-refractivity contribution is -0.384. The molecule has 4 atom stereocenters. The largest absolute Gasteiger partial charge is 0.508 e. The molecule has 2 fully saturated rings. The molecule has 40 heavy (non-hydrogen) atoms. The number of imide groups is 1. The number of anilines is 1. The van der Waals surface area contributed by atoms with Gasteiger partial charge in [0.05, 0.1) is 35.2 Å². The number of non-ortho nitro benzene ring substituents is 1. The van der Waals surface area contributed by atoms with Crippen LogP contribution in [0, 0.1) is 27.9 Å². The van der Waals surface area contributed by atoms with Crippen molar-refractivity contribution >= 4 is 29.3 Å². The first-order valence-corrected chi connectivity index (χ1v) is 14.3. The van der Waals surface area contributed by atoms with Gasteiger partial charge in [-0.25, -0.2) is 4.90 Å². The normalized spacial score (nSPS) is 24.4. The highest BCUT2D eigenvalue weighted by Crippen LogP contribution is 2.51. The number of nitro groups is 1. The number of carbonyl (C=O) groups is 2. The second-order valence-corrected chi connectivity index (χ2v) is 11.0. The molecule has 0 radical (unpaired) electrons. The molecule has 1 aliphatic carbocycles. The van der Waals surface area contributed by atoms with Crippen LogP contribution in [-0.2, 0) is 14.3 Å². The summed E-state index contributed by atoms with van der Waals surface area (Å²) in [6, 6.07) is 13.0. The number of hydrogen-bond acceptors (Lipinski definition) is 6. The summed E-state index contributed by atoms with van der Waals surface area (Å²) in [5, 5.41) is 20.9. The van der Waals surface area contributed by atoms with Crippen LogP contribution >= 0.6 is 0 Å². The summed E-state index contributed by atoms with van der Waals surface area (Å²) in [7, 11) is 0. The zero-order valence-electron chi connectivity index (χ0n) is 23.0. The van der Waals surface area contributed by atoms with E-state index in [9.17, 15) is 24.8 Å². The van der Waals surface area contributed by atoms with Crippen molar-refractivity contribution in [1.29, 1.82) is 0 Å². The molecule has 0 bridgehead atoms. The van der Waals surface area contributed by atoms with Crippen LogP contribution in [0.5, 0.6) is 5.75 Å². The van der Waals surface area contributed by atoms with E-state index in [-0.39, 0.29) is 41.0 Å². The number of rotatable bonds is 10. The Balaban J connectivity index is 1.39. The van der Waals surface area contributed by atoms with Gasteiger partial charge in [0.1, 0.15) is 5.75 Å². The summed E-state index contributed by atoms with van der Waals surface area (Å²) >= 11 is 0. The molecule has 0 saturated carbocycles. The Hall–Kier alpha value is -3.78. The third-order valence-corrected chi connectivity index (χ3v) is 8.42. The van der Waals surface area contributed by atoms with Crippen molar-refractivity contribution in [3.05, 3.63) is 80.9 Å². The SMILES string of the molecule is CCCC1=C2[C@@H](CC/C(=C/c3ccc(O)cc3)CCC)OC[C@@H]2[C@@H]2C(=O)N(c3cccc([N+](=O)[O-])c3)C(=O)[C@@H]2C1. The second-order valence-electron chi connectivity index (χ2n) is 11.0. The monoisotopic (exact) mass is 544 g/mol. The predicted octanol–water partition coefficient (Wildman–Crippen LogP) is 6.59. The second kappa shape index (κ2) is 11.8. The molecule has 2 heterocycles. The van der Waals surface area contributed by atoms with Gasteiger partial charge in [0.25, 0.3) is 5.69 Å². The summed E-state index contributed by atoms with van der Waals surface area (Å²) in [5.74, 6) is -1.43. The van der Waals surface area contributed by atoms with E-state index in [1.54, 1.807) is 18.2 Å². The topological polar surface area (TPSA) is 110 Å². The number of phenolic OH excluding ortho intramolecular Hbond substituents is 1. The average molecular weight is 545 g/mol. The van der Waals surface area contributed by atoms with Crippen LogP contribution in [-0.4, -0.2) is 34.6 Å². The van der Waals surface area contributed by atoms with Crippen molar-refractivity contribution in [2.45, 2.75) is 64.9 Å². The quantitative estimate of drug-likeness (QED) is 0.156. The van der Waals surface area contributed by atoms with E-state index in [1.807, 2.05) is 12.1 Å². The highest BCUT2D eigenvalue weighted by molar-refractivity contribution is 6.22. The summed E-state index contributed by atoms with van der Waals surface area (Å²) in [4.78, 5) is 39.3. The van der Waals surface area contributed by atoms with E-state index in [2.05, 4.69) is 19.9 Å². The first-order chi connectivity index (χ1) is 19.3. The molecule has 0 spiro atoms. The molecule has 5 rings (SSSR count). The molecule has 2 aromatic carbocycles. The van der Waals surface area contributed by atoms with E-state index in [4.69, 9.17) is 4.74 Å². The molecule has 0 unspecified atom stereocenters. The van der Waals surface area contributed by atoms with Crippen molar-refractivity contribution in [1.82, 2.24) is 0 Å². The minimum absolute atomic E-state index is 0.0951. The number of fused-ring (bicyclic) bond motifs is 3. The lowest BCUT2D eigenvalue weighted by Crippen LogP contribution is -2.34. The number of allylic oxidation sites excluding steroid dienone is 2. The van der Waals surface area contributed by atoms with Crippen molar-refractivity contribution in [3.8, 4) is 5.75 Å². The molecule has 8 heteroatoms. The fourth-order valence-electron chi connectivity index (χ4n) is 6.72.